The van der Waals surface area contributed by atoms with Crippen molar-refractivity contribution in [3.8, 4) is 0 Å². The molecule has 0 heterocycles. The van der Waals surface area contributed by atoms with Gasteiger partial charge in [0.1, 0.15) is 0 Å². The average Bonchev–Trinajstić information content (AvgIpc) is 2.14. The first-order valence-corrected chi connectivity index (χ1v) is 8.18. The molecule has 0 saturated heterocycles. The monoisotopic (exact) mass is 319 g/mol. The van der Waals surface area contributed by atoms with E-state index in [0.717, 1.165) is 15.7 Å². The molecule has 0 bridgehead atoms. The minimum Gasteiger partial charge on any atom is -0.382 e. The Labute approximate surface area is 112 Å². The summed E-state index contributed by atoms with van der Waals surface area (Å²) >= 11 is 3.42. The van der Waals surface area contributed by atoms with E-state index < -0.39 is 9.84 Å². The molecule has 96 valence electrons. The van der Waals surface area contributed by atoms with Crippen LogP contribution in [0.25, 0.3) is 0 Å². The number of halogens is 1. The fourth-order valence-corrected chi connectivity index (χ4v) is 3.33. The summed E-state index contributed by atoms with van der Waals surface area (Å²) < 4.78 is 24.0. The zero-order chi connectivity index (χ0) is 13.1. The summed E-state index contributed by atoms with van der Waals surface area (Å²) in [5, 5.41) is 3.20. The van der Waals surface area contributed by atoms with E-state index in [4.69, 9.17) is 0 Å². The second kappa shape index (κ2) is 5.87. The first-order valence-electron chi connectivity index (χ1n) is 5.56. The van der Waals surface area contributed by atoms with E-state index in [1.807, 2.05) is 32.0 Å². The standard InChI is InChI=1S/C12H18BrNO2S/c1-4-17(15,16)8-10(3)14-12-6-9(2)5-11(13)7-12/h5-7,10,14H,4,8H2,1-3H3. The molecule has 1 aromatic rings. The van der Waals surface area contributed by atoms with Crippen molar-refractivity contribution in [1.82, 2.24) is 0 Å². The van der Waals surface area contributed by atoms with Crippen molar-refractivity contribution in [2.75, 3.05) is 16.8 Å². The number of anilines is 1. The van der Waals surface area contributed by atoms with Crippen molar-refractivity contribution < 1.29 is 8.42 Å². The van der Waals surface area contributed by atoms with Crippen molar-refractivity contribution in [1.29, 1.82) is 0 Å². The summed E-state index contributed by atoms with van der Waals surface area (Å²) in [5.74, 6) is 0.353. The minimum atomic E-state index is -2.93. The third-order valence-corrected chi connectivity index (χ3v) is 4.74. The molecule has 1 unspecified atom stereocenters. The molecule has 0 amide bonds. The zero-order valence-corrected chi connectivity index (χ0v) is 12.7. The van der Waals surface area contributed by atoms with Crippen LogP contribution in [0.1, 0.15) is 19.4 Å². The summed E-state index contributed by atoms with van der Waals surface area (Å²) in [5.41, 5.74) is 2.07. The summed E-state index contributed by atoms with van der Waals surface area (Å²) in [6.07, 6.45) is 0. The van der Waals surface area contributed by atoms with Crippen LogP contribution in [0.4, 0.5) is 5.69 Å². The van der Waals surface area contributed by atoms with Crippen molar-refractivity contribution in [3.05, 3.63) is 28.2 Å². The highest BCUT2D eigenvalue weighted by Crippen LogP contribution is 2.19. The Morgan fingerprint density at radius 3 is 2.53 bits per heavy atom. The van der Waals surface area contributed by atoms with Gasteiger partial charge in [0.15, 0.2) is 9.84 Å². The predicted molar refractivity (Wildman–Crippen MR) is 76.3 cm³/mol. The Balaban J connectivity index is 2.71. The molecule has 0 aliphatic rings. The van der Waals surface area contributed by atoms with Crippen LogP contribution in [0.5, 0.6) is 0 Å². The lowest BCUT2D eigenvalue weighted by molar-refractivity contribution is 0.593. The first kappa shape index (κ1) is 14.5. The van der Waals surface area contributed by atoms with E-state index in [0.29, 0.717) is 0 Å². The van der Waals surface area contributed by atoms with Gasteiger partial charge in [0, 0.05) is 22.0 Å². The largest absolute Gasteiger partial charge is 0.382 e. The predicted octanol–water partition coefficient (Wildman–Crippen LogP) is 2.99. The maximum Gasteiger partial charge on any atom is 0.152 e. The quantitative estimate of drug-likeness (QED) is 0.907. The topological polar surface area (TPSA) is 46.2 Å². The Morgan fingerprint density at radius 1 is 1.35 bits per heavy atom. The van der Waals surface area contributed by atoms with E-state index in [1.165, 1.54) is 0 Å². The summed E-state index contributed by atoms with van der Waals surface area (Å²) in [6.45, 7) is 5.55. The number of aryl methyl sites for hydroxylation is 1. The van der Waals surface area contributed by atoms with Gasteiger partial charge in [0.05, 0.1) is 5.75 Å². The molecule has 3 nitrogen and oxygen atoms in total. The van der Waals surface area contributed by atoms with Crippen LogP contribution in [0, 0.1) is 6.92 Å². The highest BCUT2D eigenvalue weighted by atomic mass is 79.9. The third kappa shape index (κ3) is 5.08. The number of rotatable bonds is 5. The molecule has 0 aliphatic carbocycles. The second-order valence-electron chi connectivity index (χ2n) is 4.26. The van der Waals surface area contributed by atoms with Gasteiger partial charge in [-0.3, -0.25) is 0 Å². The van der Waals surface area contributed by atoms with Gasteiger partial charge in [-0.05, 0) is 37.6 Å². The smallest absolute Gasteiger partial charge is 0.152 e. The SMILES string of the molecule is CCS(=O)(=O)CC(C)Nc1cc(C)cc(Br)c1. The van der Waals surface area contributed by atoms with Gasteiger partial charge in [0.25, 0.3) is 0 Å². The second-order valence-corrected chi connectivity index (χ2v) is 7.58. The van der Waals surface area contributed by atoms with Gasteiger partial charge in [-0.25, -0.2) is 8.42 Å². The molecular formula is C12H18BrNO2S. The lowest BCUT2D eigenvalue weighted by atomic mass is 10.2. The third-order valence-electron chi connectivity index (χ3n) is 2.40. The van der Waals surface area contributed by atoms with Crippen LogP contribution >= 0.6 is 15.9 Å². The van der Waals surface area contributed by atoms with Crippen molar-refractivity contribution in [2.24, 2.45) is 0 Å². The van der Waals surface area contributed by atoms with E-state index in [9.17, 15) is 8.42 Å². The van der Waals surface area contributed by atoms with Gasteiger partial charge in [-0.2, -0.15) is 0 Å². The van der Waals surface area contributed by atoms with Gasteiger partial charge < -0.3 is 5.32 Å². The summed E-state index contributed by atoms with van der Waals surface area (Å²) in [4.78, 5) is 0. The van der Waals surface area contributed by atoms with Gasteiger partial charge >= 0.3 is 0 Å². The Hall–Kier alpha value is -0.550. The fourth-order valence-electron chi connectivity index (χ4n) is 1.64. The molecule has 1 rings (SSSR count). The lowest BCUT2D eigenvalue weighted by Crippen LogP contribution is -2.26. The van der Waals surface area contributed by atoms with Gasteiger partial charge in [0.2, 0.25) is 0 Å². The van der Waals surface area contributed by atoms with Crippen molar-refractivity contribution >= 4 is 31.5 Å². The van der Waals surface area contributed by atoms with E-state index >= 15 is 0 Å². The molecule has 1 aromatic carbocycles. The van der Waals surface area contributed by atoms with E-state index in [2.05, 4.69) is 21.2 Å². The molecule has 0 fully saturated rings. The number of benzene rings is 1. The Kier molecular flexibility index (Phi) is 5.01. The molecule has 0 radical (unpaired) electrons. The lowest BCUT2D eigenvalue weighted by Gasteiger charge is -2.15. The molecular weight excluding hydrogens is 302 g/mol. The van der Waals surface area contributed by atoms with E-state index in [1.54, 1.807) is 6.92 Å². The van der Waals surface area contributed by atoms with Crippen LogP contribution < -0.4 is 5.32 Å². The molecule has 0 aliphatic heterocycles. The van der Waals surface area contributed by atoms with E-state index in [-0.39, 0.29) is 17.5 Å². The van der Waals surface area contributed by atoms with Crippen LogP contribution in [0.15, 0.2) is 22.7 Å². The Morgan fingerprint density at radius 2 is 2.00 bits per heavy atom. The zero-order valence-electron chi connectivity index (χ0n) is 10.3. The highest BCUT2D eigenvalue weighted by Gasteiger charge is 2.13. The van der Waals surface area contributed by atoms with Crippen LogP contribution in [-0.2, 0) is 9.84 Å². The summed E-state index contributed by atoms with van der Waals surface area (Å²) in [6, 6.07) is 5.87. The number of hydrogen-bond donors (Lipinski definition) is 1. The maximum absolute atomic E-state index is 11.5. The highest BCUT2D eigenvalue weighted by molar-refractivity contribution is 9.10. The minimum absolute atomic E-state index is 0.0892. The first-order chi connectivity index (χ1) is 7.82. The van der Waals surface area contributed by atoms with Crippen molar-refractivity contribution in [2.45, 2.75) is 26.8 Å². The fraction of sp³-hybridized carbons (Fsp3) is 0.500. The maximum atomic E-state index is 11.5. The molecule has 1 N–H and O–H groups in total. The normalized spacial score (nSPS) is 13.4. The molecule has 0 saturated carbocycles. The number of hydrogen-bond acceptors (Lipinski definition) is 3. The van der Waals surface area contributed by atoms with Crippen LogP contribution in [-0.4, -0.2) is 26.0 Å². The van der Waals surface area contributed by atoms with Crippen molar-refractivity contribution in [3.63, 3.8) is 0 Å². The van der Waals surface area contributed by atoms with Crippen LogP contribution in [0.2, 0.25) is 0 Å². The number of nitrogens with one attached hydrogen (secondary N) is 1. The number of sulfone groups is 1. The van der Waals surface area contributed by atoms with Crippen LogP contribution in [0.3, 0.4) is 0 Å². The molecule has 0 aromatic heterocycles. The molecule has 5 heteroatoms. The van der Waals surface area contributed by atoms with Gasteiger partial charge in [-0.15, -0.1) is 0 Å². The summed E-state index contributed by atoms with van der Waals surface area (Å²) in [7, 11) is -2.93. The molecule has 0 spiro atoms. The molecule has 17 heavy (non-hydrogen) atoms. The molecule has 1 atom stereocenters. The van der Waals surface area contributed by atoms with Gasteiger partial charge in [-0.1, -0.05) is 22.9 Å². The Bertz CT molecular complexity index is 465. The average molecular weight is 320 g/mol.